The van der Waals surface area contributed by atoms with Gasteiger partial charge in [0.2, 0.25) is 5.91 Å². The molecule has 0 aliphatic rings. The standard InChI is InChI=1S/C24H19ClN4O4S/c1-14-9-15(2)11-17(10-14)28-23(31)18-5-3-4-6-20(18)27-24(28)34-13-22(30)26-16-7-8-19(25)21(12-16)29(32)33/h3-12H,13H2,1-2H3,(H,26,30). The quantitative estimate of drug-likeness (QED) is 0.169. The number of nitro groups is 1. The molecule has 34 heavy (non-hydrogen) atoms. The number of hydrogen-bond donors (Lipinski definition) is 1. The second-order valence-corrected chi connectivity index (χ2v) is 9.01. The molecule has 1 amide bonds. The summed E-state index contributed by atoms with van der Waals surface area (Å²) in [6, 6.07) is 16.9. The second-order valence-electron chi connectivity index (χ2n) is 7.66. The highest BCUT2D eigenvalue weighted by molar-refractivity contribution is 7.99. The van der Waals surface area contributed by atoms with Gasteiger partial charge in [0, 0.05) is 11.8 Å². The van der Waals surface area contributed by atoms with E-state index < -0.39 is 10.8 Å². The van der Waals surface area contributed by atoms with E-state index in [4.69, 9.17) is 11.6 Å². The number of benzene rings is 3. The van der Waals surface area contributed by atoms with Gasteiger partial charge >= 0.3 is 0 Å². The molecule has 0 aliphatic heterocycles. The van der Waals surface area contributed by atoms with Crippen molar-refractivity contribution in [1.82, 2.24) is 9.55 Å². The van der Waals surface area contributed by atoms with E-state index in [1.54, 1.807) is 24.3 Å². The number of carbonyl (C=O) groups excluding carboxylic acids is 1. The van der Waals surface area contributed by atoms with Gasteiger partial charge in [-0.2, -0.15) is 0 Å². The predicted molar refractivity (Wildman–Crippen MR) is 134 cm³/mol. The Balaban J connectivity index is 1.66. The Bertz CT molecular complexity index is 1480. The Morgan fingerprint density at radius 3 is 2.53 bits per heavy atom. The van der Waals surface area contributed by atoms with Crippen LogP contribution in [0.5, 0.6) is 0 Å². The Labute approximate surface area is 203 Å². The normalized spacial score (nSPS) is 10.9. The van der Waals surface area contributed by atoms with Crippen molar-refractivity contribution in [2.24, 2.45) is 0 Å². The van der Waals surface area contributed by atoms with E-state index in [9.17, 15) is 19.7 Å². The largest absolute Gasteiger partial charge is 0.325 e. The molecule has 0 aliphatic carbocycles. The number of aromatic nitrogens is 2. The molecule has 0 bridgehead atoms. The first-order valence-corrected chi connectivity index (χ1v) is 11.6. The summed E-state index contributed by atoms with van der Waals surface area (Å²) in [5.41, 5.74) is 2.90. The summed E-state index contributed by atoms with van der Waals surface area (Å²) in [5, 5.41) is 14.5. The monoisotopic (exact) mass is 494 g/mol. The van der Waals surface area contributed by atoms with Gasteiger partial charge in [-0.1, -0.05) is 41.6 Å². The molecule has 4 aromatic rings. The minimum Gasteiger partial charge on any atom is -0.325 e. The zero-order valence-corrected chi connectivity index (χ0v) is 19.8. The minimum absolute atomic E-state index is 0.0183. The van der Waals surface area contributed by atoms with Crippen LogP contribution in [0.1, 0.15) is 11.1 Å². The van der Waals surface area contributed by atoms with Crippen LogP contribution < -0.4 is 10.9 Å². The number of aryl methyl sites for hydroxylation is 2. The Hall–Kier alpha value is -3.69. The summed E-state index contributed by atoms with van der Waals surface area (Å²) < 4.78 is 1.51. The maximum atomic E-state index is 13.4. The number of fused-ring (bicyclic) bond motifs is 1. The van der Waals surface area contributed by atoms with E-state index >= 15 is 0 Å². The van der Waals surface area contributed by atoms with Crippen molar-refractivity contribution in [3.63, 3.8) is 0 Å². The number of anilines is 1. The van der Waals surface area contributed by atoms with Crippen molar-refractivity contribution in [2.75, 3.05) is 11.1 Å². The number of rotatable bonds is 6. The number of para-hydroxylation sites is 1. The van der Waals surface area contributed by atoms with Crippen molar-refractivity contribution in [3.8, 4) is 5.69 Å². The average Bonchev–Trinajstić information content (AvgIpc) is 2.78. The number of nitrogens with zero attached hydrogens (tertiary/aromatic N) is 3. The molecule has 172 valence electrons. The van der Waals surface area contributed by atoms with Gasteiger partial charge in [0.1, 0.15) is 5.02 Å². The van der Waals surface area contributed by atoms with Crippen LogP contribution in [-0.4, -0.2) is 26.1 Å². The van der Waals surface area contributed by atoms with Crippen LogP contribution in [0.3, 0.4) is 0 Å². The number of nitro benzene ring substituents is 1. The Morgan fingerprint density at radius 1 is 1.12 bits per heavy atom. The smallest absolute Gasteiger partial charge is 0.289 e. The number of halogens is 1. The first kappa shape index (κ1) is 23.5. The van der Waals surface area contributed by atoms with Crippen LogP contribution in [0.15, 0.2) is 70.6 Å². The summed E-state index contributed by atoms with van der Waals surface area (Å²) >= 11 is 6.93. The van der Waals surface area contributed by atoms with Gasteiger partial charge in [-0.05, 0) is 61.4 Å². The highest BCUT2D eigenvalue weighted by atomic mass is 35.5. The number of carbonyl (C=O) groups is 1. The third-order valence-corrected chi connectivity index (χ3v) is 6.23. The molecular formula is C24H19ClN4O4S. The van der Waals surface area contributed by atoms with Crippen LogP contribution in [0, 0.1) is 24.0 Å². The molecule has 1 aromatic heterocycles. The molecule has 8 nitrogen and oxygen atoms in total. The molecule has 1 heterocycles. The third kappa shape index (κ3) is 4.95. The summed E-state index contributed by atoms with van der Waals surface area (Å²) in [7, 11) is 0. The van der Waals surface area contributed by atoms with Gasteiger partial charge in [-0.15, -0.1) is 0 Å². The van der Waals surface area contributed by atoms with E-state index in [-0.39, 0.29) is 27.7 Å². The average molecular weight is 495 g/mol. The predicted octanol–water partition coefficient (Wildman–Crippen LogP) is 5.29. The first-order valence-electron chi connectivity index (χ1n) is 10.2. The van der Waals surface area contributed by atoms with E-state index in [0.717, 1.165) is 22.9 Å². The molecule has 0 unspecified atom stereocenters. The highest BCUT2D eigenvalue weighted by Crippen LogP contribution is 2.28. The van der Waals surface area contributed by atoms with Crippen LogP contribution in [-0.2, 0) is 4.79 Å². The first-order chi connectivity index (χ1) is 16.2. The van der Waals surface area contributed by atoms with Crippen molar-refractivity contribution < 1.29 is 9.72 Å². The molecule has 0 spiro atoms. The lowest BCUT2D eigenvalue weighted by Crippen LogP contribution is -2.23. The van der Waals surface area contributed by atoms with E-state index in [2.05, 4.69) is 10.3 Å². The van der Waals surface area contributed by atoms with Crippen molar-refractivity contribution >= 4 is 51.5 Å². The molecule has 0 fully saturated rings. The van der Waals surface area contributed by atoms with Gasteiger partial charge in [-0.25, -0.2) is 4.98 Å². The molecule has 1 N–H and O–H groups in total. The topological polar surface area (TPSA) is 107 Å². The van der Waals surface area contributed by atoms with Crippen LogP contribution in [0.25, 0.3) is 16.6 Å². The molecule has 4 rings (SSSR count). The fourth-order valence-electron chi connectivity index (χ4n) is 3.57. The Morgan fingerprint density at radius 2 is 1.82 bits per heavy atom. The minimum atomic E-state index is -0.617. The lowest BCUT2D eigenvalue weighted by molar-refractivity contribution is -0.384. The van der Waals surface area contributed by atoms with Crippen LogP contribution in [0.2, 0.25) is 5.02 Å². The molecular weight excluding hydrogens is 476 g/mol. The highest BCUT2D eigenvalue weighted by Gasteiger charge is 2.17. The van der Waals surface area contributed by atoms with E-state index in [1.165, 1.54) is 22.8 Å². The third-order valence-electron chi connectivity index (χ3n) is 4.97. The van der Waals surface area contributed by atoms with Crippen LogP contribution >= 0.6 is 23.4 Å². The van der Waals surface area contributed by atoms with Crippen molar-refractivity contribution in [2.45, 2.75) is 19.0 Å². The fourth-order valence-corrected chi connectivity index (χ4v) is 4.57. The maximum Gasteiger partial charge on any atom is 0.289 e. The van der Waals surface area contributed by atoms with Crippen molar-refractivity contribution in [1.29, 1.82) is 0 Å². The number of hydrogen-bond acceptors (Lipinski definition) is 6. The summed E-state index contributed by atoms with van der Waals surface area (Å²) in [4.78, 5) is 41.1. The Kier molecular flexibility index (Phi) is 6.67. The zero-order chi connectivity index (χ0) is 24.4. The summed E-state index contributed by atoms with van der Waals surface area (Å²) in [6.07, 6.45) is 0. The molecule has 3 aromatic carbocycles. The number of thioether (sulfide) groups is 1. The van der Waals surface area contributed by atoms with Gasteiger partial charge in [0.25, 0.3) is 11.2 Å². The lowest BCUT2D eigenvalue weighted by atomic mass is 10.1. The fraction of sp³-hybridized carbons (Fsp3) is 0.125. The summed E-state index contributed by atoms with van der Waals surface area (Å²) in [6.45, 7) is 3.89. The lowest BCUT2D eigenvalue weighted by Gasteiger charge is -2.14. The maximum absolute atomic E-state index is 13.4. The second kappa shape index (κ2) is 9.66. The molecule has 0 atom stereocenters. The van der Waals surface area contributed by atoms with Gasteiger partial charge in [-0.3, -0.25) is 24.3 Å². The summed E-state index contributed by atoms with van der Waals surface area (Å²) in [5.74, 6) is -0.470. The van der Waals surface area contributed by atoms with E-state index in [1.807, 2.05) is 32.0 Å². The number of amides is 1. The van der Waals surface area contributed by atoms with Crippen LogP contribution in [0.4, 0.5) is 11.4 Å². The van der Waals surface area contributed by atoms with Gasteiger partial charge < -0.3 is 5.32 Å². The van der Waals surface area contributed by atoms with Crippen molar-refractivity contribution in [3.05, 3.63) is 97.3 Å². The molecule has 0 radical (unpaired) electrons. The molecule has 0 saturated carbocycles. The molecule has 10 heteroatoms. The number of nitrogens with one attached hydrogen (secondary N) is 1. The SMILES string of the molecule is Cc1cc(C)cc(-n2c(SCC(=O)Nc3ccc(Cl)c([N+](=O)[O-])c3)nc3ccccc3c2=O)c1. The van der Waals surface area contributed by atoms with Gasteiger partial charge in [0.15, 0.2) is 5.16 Å². The van der Waals surface area contributed by atoms with E-state index in [0.29, 0.717) is 21.7 Å². The zero-order valence-electron chi connectivity index (χ0n) is 18.2. The van der Waals surface area contributed by atoms with Gasteiger partial charge in [0.05, 0.1) is 27.3 Å². The molecule has 0 saturated heterocycles.